The zero-order valence-corrected chi connectivity index (χ0v) is 11.9. The predicted molar refractivity (Wildman–Crippen MR) is 67.4 cm³/mol. The number of carbonyl (C=O) groups excluding carboxylic acids is 1. The third-order valence-electron chi connectivity index (χ3n) is 2.66. The van der Waals surface area contributed by atoms with E-state index in [2.05, 4.69) is 0 Å². The number of sulfone groups is 1. The van der Waals surface area contributed by atoms with E-state index < -0.39 is 33.5 Å². The van der Waals surface area contributed by atoms with Gasteiger partial charge in [0.15, 0.2) is 15.9 Å². The summed E-state index contributed by atoms with van der Waals surface area (Å²) in [7, 11) is -3.50. The van der Waals surface area contributed by atoms with Crippen LogP contribution < -0.4 is 0 Å². The Labute approximate surface area is 112 Å². The van der Waals surface area contributed by atoms with E-state index in [0.29, 0.717) is 0 Å². The molecule has 0 aliphatic carbocycles. The summed E-state index contributed by atoms with van der Waals surface area (Å²) < 4.78 is 28.5. The van der Waals surface area contributed by atoms with Crippen molar-refractivity contribution in [3.63, 3.8) is 0 Å². The summed E-state index contributed by atoms with van der Waals surface area (Å²) in [5, 5.41) is 8.98. The Bertz CT molecular complexity index is 444. The first-order chi connectivity index (χ1) is 8.73. The third kappa shape index (κ3) is 4.79. The van der Waals surface area contributed by atoms with Gasteiger partial charge in [-0.3, -0.25) is 4.79 Å². The van der Waals surface area contributed by atoms with E-state index in [1.165, 1.54) is 0 Å². The fraction of sp³-hybridized carbons (Fsp3) is 0.818. The molecule has 1 N–H and O–H groups in total. The maximum Gasteiger partial charge on any atom is 0.328 e. The summed E-state index contributed by atoms with van der Waals surface area (Å²) in [6.07, 6.45) is 0. The quantitative estimate of drug-likeness (QED) is 0.724. The van der Waals surface area contributed by atoms with Crippen molar-refractivity contribution in [2.24, 2.45) is 5.92 Å². The second-order valence-electron chi connectivity index (χ2n) is 4.96. The number of carboxylic acid groups (broad SMARTS) is 1. The molecule has 0 unspecified atom stereocenters. The van der Waals surface area contributed by atoms with Crippen LogP contribution >= 0.6 is 0 Å². The van der Waals surface area contributed by atoms with Crippen molar-refractivity contribution in [3.8, 4) is 0 Å². The smallest absolute Gasteiger partial charge is 0.328 e. The molecular formula is C11H19NO6S. The lowest BCUT2D eigenvalue weighted by Gasteiger charge is -2.32. The number of aliphatic carboxylic acids is 1. The van der Waals surface area contributed by atoms with Crippen LogP contribution in [0.3, 0.4) is 0 Å². The Morgan fingerprint density at radius 2 is 2.05 bits per heavy atom. The van der Waals surface area contributed by atoms with Gasteiger partial charge in [0, 0.05) is 6.54 Å². The van der Waals surface area contributed by atoms with Gasteiger partial charge in [-0.05, 0) is 5.92 Å². The molecule has 1 aliphatic rings. The number of amides is 1. The second-order valence-corrected chi connectivity index (χ2v) is 7.07. The molecule has 0 radical (unpaired) electrons. The summed E-state index contributed by atoms with van der Waals surface area (Å²) in [5.41, 5.74) is 0. The van der Waals surface area contributed by atoms with Gasteiger partial charge in [0.05, 0.1) is 19.0 Å². The largest absolute Gasteiger partial charge is 0.480 e. The van der Waals surface area contributed by atoms with E-state index >= 15 is 0 Å². The lowest BCUT2D eigenvalue weighted by Crippen LogP contribution is -2.54. The summed E-state index contributed by atoms with van der Waals surface area (Å²) in [6, 6.07) is -1.10. The fourth-order valence-electron chi connectivity index (χ4n) is 1.94. The van der Waals surface area contributed by atoms with Crippen LogP contribution in [0, 0.1) is 5.92 Å². The predicted octanol–water partition coefficient (Wildman–Crippen LogP) is -0.631. The van der Waals surface area contributed by atoms with Gasteiger partial charge in [-0.25, -0.2) is 13.2 Å². The molecule has 110 valence electrons. The molecule has 1 atom stereocenters. The lowest BCUT2D eigenvalue weighted by molar-refractivity contribution is -0.157. The standard InChI is InChI=1S/C11H19NO6S/c1-8(2)6-19(16,17)7-10(13)12-3-4-18-5-9(12)11(14)15/h8-9H,3-7H2,1-2H3,(H,14,15)/t9-/m1/s1. The number of carboxylic acids is 1. The van der Waals surface area contributed by atoms with E-state index in [4.69, 9.17) is 9.84 Å². The molecule has 1 saturated heterocycles. The van der Waals surface area contributed by atoms with E-state index in [-0.39, 0.29) is 31.4 Å². The van der Waals surface area contributed by atoms with Gasteiger partial charge in [0.25, 0.3) is 0 Å². The summed E-state index contributed by atoms with van der Waals surface area (Å²) in [5.74, 6) is -2.65. The summed E-state index contributed by atoms with van der Waals surface area (Å²) in [6.45, 7) is 3.71. The normalized spacial score (nSPS) is 20.6. The Hall–Kier alpha value is -1.15. The van der Waals surface area contributed by atoms with Crippen LogP contribution in [-0.4, -0.2) is 67.6 Å². The molecule has 8 heteroatoms. The van der Waals surface area contributed by atoms with Crippen LogP contribution in [0.5, 0.6) is 0 Å². The first-order valence-corrected chi connectivity index (χ1v) is 7.85. The van der Waals surface area contributed by atoms with Gasteiger partial charge in [-0.15, -0.1) is 0 Å². The number of hydrogen-bond acceptors (Lipinski definition) is 5. The van der Waals surface area contributed by atoms with Crippen molar-refractivity contribution in [1.82, 2.24) is 4.90 Å². The van der Waals surface area contributed by atoms with E-state index in [9.17, 15) is 18.0 Å². The maximum atomic E-state index is 11.9. The topological polar surface area (TPSA) is 101 Å². The van der Waals surface area contributed by atoms with Crippen molar-refractivity contribution >= 4 is 21.7 Å². The van der Waals surface area contributed by atoms with Crippen LogP contribution in [0.15, 0.2) is 0 Å². The van der Waals surface area contributed by atoms with Gasteiger partial charge >= 0.3 is 5.97 Å². The van der Waals surface area contributed by atoms with E-state index in [0.717, 1.165) is 4.90 Å². The van der Waals surface area contributed by atoms with Gasteiger partial charge in [0.1, 0.15) is 5.75 Å². The van der Waals surface area contributed by atoms with Crippen molar-refractivity contribution in [3.05, 3.63) is 0 Å². The van der Waals surface area contributed by atoms with E-state index in [1.807, 2.05) is 0 Å². The van der Waals surface area contributed by atoms with Crippen LogP contribution in [-0.2, 0) is 24.2 Å². The minimum atomic E-state index is -3.50. The minimum absolute atomic E-state index is 0.0715. The number of morpholine rings is 1. The highest BCUT2D eigenvalue weighted by molar-refractivity contribution is 7.92. The number of rotatable bonds is 5. The van der Waals surface area contributed by atoms with Crippen LogP contribution in [0.4, 0.5) is 0 Å². The Balaban J connectivity index is 2.73. The molecule has 19 heavy (non-hydrogen) atoms. The van der Waals surface area contributed by atoms with Gasteiger partial charge < -0.3 is 14.7 Å². The van der Waals surface area contributed by atoms with Gasteiger partial charge in [-0.1, -0.05) is 13.8 Å². The molecule has 7 nitrogen and oxygen atoms in total. The molecule has 0 aromatic carbocycles. The van der Waals surface area contributed by atoms with Crippen molar-refractivity contribution < 1.29 is 27.9 Å². The maximum absolute atomic E-state index is 11.9. The van der Waals surface area contributed by atoms with Crippen molar-refractivity contribution in [2.75, 3.05) is 31.3 Å². The minimum Gasteiger partial charge on any atom is -0.480 e. The molecule has 1 heterocycles. The van der Waals surface area contributed by atoms with Crippen LogP contribution in [0.1, 0.15) is 13.8 Å². The highest BCUT2D eigenvalue weighted by Crippen LogP contribution is 2.10. The average molecular weight is 293 g/mol. The molecule has 0 spiro atoms. The molecule has 0 aromatic rings. The van der Waals surface area contributed by atoms with Crippen molar-refractivity contribution in [2.45, 2.75) is 19.9 Å². The zero-order valence-electron chi connectivity index (χ0n) is 11.0. The van der Waals surface area contributed by atoms with E-state index in [1.54, 1.807) is 13.8 Å². The van der Waals surface area contributed by atoms with Gasteiger partial charge in [0.2, 0.25) is 5.91 Å². The number of carbonyl (C=O) groups is 2. The molecule has 0 aromatic heterocycles. The van der Waals surface area contributed by atoms with Crippen LogP contribution in [0.2, 0.25) is 0 Å². The molecule has 0 saturated carbocycles. The number of hydrogen-bond donors (Lipinski definition) is 1. The molecular weight excluding hydrogens is 274 g/mol. The van der Waals surface area contributed by atoms with Gasteiger partial charge in [-0.2, -0.15) is 0 Å². The highest BCUT2D eigenvalue weighted by Gasteiger charge is 2.34. The number of ether oxygens (including phenoxy) is 1. The first-order valence-electron chi connectivity index (χ1n) is 6.03. The Kier molecular flexibility index (Phi) is 5.30. The molecule has 1 amide bonds. The second kappa shape index (κ2) is 6.33. The summed E-state index contributed by atoms with van der Waals surface area (Å²) >= 11 is 0. The lowest BCUT2D eigenvalue weighted by atomic mass is 10.2. The molecule has 1 fully saturated rings. The van der Waals surface area contributed by atoms with Crippen molar-refractivity contribution in [1.29, 1.82) is 0 Å². The third-order valence-corrected chi connectivity index (χ3v) is 4.53. The molecule has 0 bridgehead atoms. The monoisotopic (exact) mass is 293 g/mol. The Morgan fingerprint density at radius 1 is 1.42 bits per heavy atom. The molecule has 1 aliphatic heterocycles. The summed E-state index contributed by atoms with van der Waals surface area (Å²) in [4.78, 5) is 24.0. The first kappa shape index (κ1) is 15.9. The molecule has 1 rings (SSSR count). The highest BCUT2D eigenvalue weighted by atomic mass is 32.2. The SMILES string of the molecule is CC(C)CS(=O)(=O)CC(=O)N1CCOC[C@@H]1C(=O)O. The zero-order chi connectivity index (χ0) is 14.6. The number of nitrogens with zero attached hydrogens (tertiary/aromatic N) is 1. The Morgan fingerprint density at radius 3 is 2.58 bits per heavy atom. The average Bonchev–Trinajstić information content (AvgIpc) is 2.26. The fourth-order valence-corrected chi connectivity index (χ4v) is 3.62. The van der Waals surface area contributed by atoms with Crippen LogP contribution in [0.25, 0.3) is 0 Å².